The summed E-state index contributed by atoms with van der Waals surface area (Å²) in [6.07, 6.45) is 1.11. The highest BCUT2D eigenvalue weighted by Crippen LogP contribution is 2.32. The van der Waals surface area contributed by atoms with Crippen molar-refractivity contribution < 1.29 is 4.79 Å². The number of carbonyl (C=O) groups excluding carboxylic acids is 1. The van der Waals surface area contributed by atoms with Gasteiger partial charge in [0.2, 0.25) is 0 Å². The van der Waals surface area contributed by atoms with Gasteiger partial charge in [-0.05, 0) is 53.9 Å². The number of piperazine rings is 1. The lowest BCUT2D eigenvalue weighted by atomic mass is 9.88. The molecule has 1 amide bonds. The zero-order valence-corrected chi connectivity index (χ0v) is 21.2. The average molecular weight is 488 g/mol. The van der Waals surface area contributed by atoms with Crippen LogP contribution >= 0.6 is 0 Å². The molecule has 6 rings (SSSR count). The van der Waals surface area contributed by atoms with Crippen LogP contribution in [0.4, 0.5) is 11.4 Å². The molecule has 2 heterocycles. The number of hydrogen-bond acceptors (Lipinski definition) is 3. The molecule has 1 fully saturated rings. The Kier molecular flexibility index (Phi) is 6.74. The molecular weight excluding hydrogens is 454 g/mol. The SMILES string of the molecule is O=C1c2cc(N3CCN(CCC(c4ccccc4)c4ccccc4)CC3)ccc2CN1c1ccccc1. The van der Waals surface area contributed by atoms with Crippen LogP contribution in [0.25, 0.3) is 0 Å². The van der Waals surface area contributed by atoms with Gasteiger partial charge >= 0.3 is 0 Å². The van der Waals surface area contributed by atoms with E-state index in [1.54, 1.807) is 0 Å². The van der Waals surface area contributed by atoms with E-state index >= 15 is 0 Å². The molecule has 0 spiro atoms. The Morgan fingerprint density at radius 3 is 1.86 bits per heavy atom. The minimum atomic E-state index is 0.106. The fourth-order valence-electron chi connectivity index (χ4n) is 5.74. The number of carbonyl (C=O) groups is 1. The van der Waals surface area contributed by atoms with Gasteiger partial charge in [-0.2, -0.15) is 0 Å². The summed E-state index contributed by atoms with van der Waals surface area (Å²) < 4.78 is 0. The van der Waals surface area contributed by atoms with Gasteiger partial charge in [0, 0.05) is 49.0 Å². The number of fused-ring (bicyclic) bond motifs is 1. The highest BCUT2D eigenvalue weighted by molar-refractivity contribution is 6.10. The van der Waals surface area contributed by atoms with Gasteiger partial charge in [0.1, 0.15) is 0 Å². The summed E-state index contributed by atoms with van der Waals surface area (Å²) in [5.41, 5.74) is 6.86. The predicted octanol–water partition coefficient (Wildman–Crippen LogP) is 6.19. The normalized spacial score (nSPS) is 15.9. The lowest BCUT2D eigenvalue weighted by Crippen LogP contribution is -2.46. The van der Waals surface area contributed by atoms with E-state index in [4.69, 9.17) is 0 Å². The van der Waals surface area contributed by atoms with Gasteiger partial charge in [0.05, 0.1) is 6.54 Å². The second-order valence-electron chi connectivity index (χ2n) is 10.1. The molecule has 2 aliphatic heterocycles. The third-order valence-electron chi connectivity index (χ3n) is 7.84. The Bertz CT molecular complexity index is 1290. The molecule has 0 aliphatic carbocycles. The van der Waals surface area contributed by atoms with Crippen LogP contribution in [0.3, 0.4) is 0 Å². The highest BCUT2D eigenvalue weighted by Gasteiger charge is 2.29. The van der Waals surface area contributed by atoms with Crippen LogP contribution in [-0.4, -0.2) is 43.5 Å². The first kappa shape index (κ1) is 23.5. The smallest absolute Gasteiger partial charge is 0.259 e. The second-order valence-corrected chi connectivity index (χ2v) is 10.1. The summed E-state index contributed by atoms with van der Waals surface area (Å²) in [6.45, 7) is 5.77. The molecule has 37 heavy (non-hydrogen) atoms. The van der Waals surface area contributed by atoms with Gasteiger partial charge in [0.25, 0.3) is 5.91 Å². The summed E-state index contributed by atoms with van der Waals surface area (Å²) in [6, 6.07) is 38.2. The summed E-state index contributed by atoms with van der Waals surface area (Å²) in [4.78, 5) is 20.1. The number of benzene rings is 4. The van der Waals surface area contributed by atoms with Crippen molar-refractivity contribution in [1.29, 1.82) is 0 Å². The van der Waals surface area contributed by atoms with E-state index in [2.05, 4.69) is 88.7 Å². The van der Waals surface area contributed by atoms with E-state index in [0.717, 1.165) is 61.6 Å². The third-order valence-corrected chi connectivity index (χ3v) is 7.84. The predicted molar refractivity (Wildman–Crippen MR) is 151 cm³/mol. The van der Waals surface area contributed by atoms with E-state index in [-0.39, 0.29) is 5.91 Å². The van der Waals surface area contributed by atoms with Crippen LogP contribution < -0.4 is 9.80 Å². The molecule has 0 aromatic heterocycles. The van der Waals surface area contributed by atoms with Crippen molar-refractivity contribution in [3.05, 3.63) is 131 Å². The zero-order chi connectivity index (χ0) is 25.0. The van der Waals surface area contributed by atoms with Crippen LogP contribution in [0.1, 0.15) is 39.4 Å². The molecule has 1 saturated heterocycles. The fourth-order valence-corrected chi connectivity index (χ4v) is 5.74. The lowest BCUT2D eigenvalue weighted by Gasteiger charge is -2.37. The molecule has 0 radical (unpaired) electrons. The Balaban J connectivity index is 1.08. The van der Waals surface area contributed by atoms with Gasteiger partial charge in [-0.1, -0.05) is 84.9 Å². The van der Waals surface area contributed by atoms with Crippen LogP contribution in [-0.2, 0) is 6.54 Å². The number of rotatable bonds is 7. The summed E-state index contributed by atoms with van der Waals surface area (Å²) in [5.74, 6) is 0.519. The van der Waals surface area contributed by atoms with Crippen molar-refractivity contribution in [1.82, 2.24) is 4.90 Å². The molecule has 0 N–H and O–H groups in total. The standard InChI is InChI=1S/C33H33N3O/c37-33-32-24-30(17-16-28(32)25-36(33)29-14-8-3-9-15-29)35-22-20-34(21-23-35)19-18-31(26-10-4-1-5-11-26)27-12-6-2-7-13-27/h1-17,24,31H,18-23,25H2. The van der Waals surface area contributed by atoms with Crippen molar-refractivity contribution in [2.75, 3.05) is 42.5 Å². The van der Waals surface area contributed by atoms with Crippen LogP contribution in [0, 0.1) is 0 Å². The number of anilines is 2. The molecule has 4 heteroatoms. The number of nitrogens with zero attached hydrogens (tertiary/aromatic N) is 3. The van der Waals surface area contributed by atoms with E-state index < -0.39 is 0 Å². The molecular formula is C33H33N3O. The third kappa shape index (κ3) is 5.03. The van der Waals surface area contributed by atoms with E-state index in [9.17, 15) is 4.79 Å². The first-order valence-corrected chi connectivity index (χ1v) is 13.3. The first-order valence-electron chi connectivity index (χ1n) is 13.3. The van der Waals surface area contributed by atoms with Gasteiger partial charge in [-0.3, -0.25) is 9.69 Å². The zero-order valence-electron chi connectivity index (χ0n) is 21.2. The maximum Gasteiger partial charge on any atom is 0.259 e. The number of hydrogen-bond donors (Lipinski definition) is 0. The topological polar surface area (TPSA) is 26.8 Å². The number of para-hydroxylation sites is 1. The molecule has 4 nitrogen and oxygen atoms in total. The Morgan fingerprint density at radius 1 is 0.649 bits per heavy atom. The molecule has 186 valence electrons. The highest BCUT2D eigenvalue weighted by atomic mass is 16.2. The Labute approximate surface area is 219 Å². The fraction of sp³-hybridized carbons (Fsp3) is 0.242. The number of amides is 1. The summed E-state index contributed by atoms with van der Waals surface area (Å²) in [7, 11) is 0. The minimum absolute atomic E-state index is 0.106. The maximum absolute atomic E-state index is 13.2. The van der Waals surface area contributed by atoms with Crippen LogP contribution in [0.5, 0.6) is 0 Å². The van der Waals surface area contributed by atoms with Crippen LogP contribution in [0.2, 0.25) is 0 Å². The molecule has 0 bridgehead atoms. The van der Waals surface area contributed by atoms with Gasteiger partial charge in [0.15, 0.2) is 0 Å². The second kappa shape index (κ2) is 10.6. The minimum Gasteiger partial charge on any atom is -0.369 e. The average Bonchev–Trinajstić information content (AvgIpc) is 3.31. The molecule has 0 saturated carbocycles. The largest absolute Gasteiger partial charge is 0.369 e. The Hall–Kier alpha value is -3.89. The molecule has 0 atom stereocenters. The van der Waals surface area contributed by atoms with Crippen molar-refractivity contribution >= 4 is 17.3 Å². The van der Waals surface area contributed by atoms with E-state index in [1.807, 2.05) is 35.2 Å². The van der Waals surface area contributed by atoms with Crippen LogP contribution in [0.15, 0.2) is 109 Å². The molecule has 4 aromatic rings. The molecule has 2 aliphatic rings. The van der Waals surface area contributed by atoms with E-state index in [1.165, 1.54) is 11.1 Å². The summed E-state index contributed by atoms with van der Waals surface area (Å²) in [5, 5.41) is 0. The van der Waals surface area contributed by atoms with Crippen molar-refractivity contribution in [3.63, 3.8) is 0 Å². The maximum atomic E-state index is 13.2. The van der Waals surface area contributed by atoms with Crippen molar-refractivity contribution in [2.45, 2.75) is 18.9 Å². The monoisotopic (exact) mass is 487 g/mol. The van der Waals surface area contributed by atoms with Gasteiger partial charge in [-0.25, -0.2) is 0 Å². The lowest BCUT2D eigenvalue weighted by molar-refractivity contribution is 0.0996. The molecule has 4 aromatic carbocycles. The Morgan fingerprint density at radius 2 is 1.24 bits per heavy atom. The van der Waals surface area contributed by atoms with E-state index in [0.29, 0.717) is 12.5 Å². The first-order chi connectivity index (χ1) is 18.3. The van der Waals surface area contributed by atoms with Crippen molar-refractivity contribution in [3.8, 4) is 0 Å². The van der Waals surface area contributed by atoms with Gasteiger partial charge < -0.3 is 9.80 Å². The molecule has 0 unspecified atom stereocenters. The quantitative estimate of drug-likeness (QED) is 0.311. The van der Waals surface area contributed by atoms with Gasteiger partial charge in [-0.15, -0.1) is 0 Å². The van der Waals surface area contributed by atoms with Crippen molar-refractivity contribution in [2.24, 2.45) is 0 Å². The summed E-state index contributed by atoms with van der Waals surface area (Å²) >= 11 is 0.